The van der Waals surface area contributed by atoms with Crippen molar-refractivity contribution in [2.75, 3.05) is 24.7 Å². The van der Waals surface area contributed by atoms with Crippen molar-refractivity contribution in [1.29, 1.82) is 0 Å². The summed E-state index contributed by atoms with van der Waals surface area (Å²) in [4.78, 5) is 23.7. The van der Waals surface area contributed by atoms with Crippen LogP contribution in [0.5, 0.6) is 11.5 Å². The Bertz CT molecular complexity index is 1170. The minimum absolute atomic E-state index is 0. The molecule has 0 N–H and O–H groups in total. The molecule has 0 aliphatic carbocycles. The summed E-state index contributed by atoms with van der Waals surface area (Å²) in [6, 6.07) is 11.0. The number of rotatable bonds is 10. The zero-order valence-corrected chi connectivity index (χ0v) is 21.3. The first kappa shape index (κ1) is 25.8. The molecule has 0 bridgehead atoms. The second kappa shape index (κ2) is 12.1. The van der Waals surface area contributed by atoms with Gasteiger partial charge < -0.3 is 14.0 Å². The summed E-state index contributed by atoms with van der Waals surface area (Å²) in [6.45, 7) is 5.66. The fourth-order valence-electron chi connectivity index (χ4n) is 3.39. The van der Waals surface area contributed by atoms with Crippen molar-refractivity contribution < 1.29 is 14.3 Å². The van der Waals surface area contributed by atoms with Crippen LogP contribution < -0.4 is 14.4 Å². The van der Waals surface area contributed by atoms with Gasteiger partial charge in [-0.2, -0.15) is 0 Å². The maximum atomic E-state index is 13.2. The normalized spacial score (nSPS) is 10.7. The van der Waals surface area contributed by atoms with Crippen LogP contribution in [0.4, 0.5) is 5.13 Å². The summed E-state index contributed by atoms with van der Waals surface area (Å²) in [6.07, 6.45) is 6.16. The molecule has 0 radical (unpaired) electrons. The Morgan fingerprint density at radius 3 is 2.53 bits per heavy atom. The average molecular weight is 521 g/mol. The average Bonchev–Trinajstić information content (AvgIpc) is 3.50. The largest absolute Gasteiger partial charge is 0.494 e. The van der Waals surface area contributed by atoms with Crippen molar-refractivity contribution in [3.05, 3.63) is 65.7 Å². The first-order chi connectivity index (χ1) is 16.0. The zero-order valence-electron chi connectivity index (χ0n) is 18.9. The molecule has 34 heavy (non-hydrogen) atoms. The van der Waals surface area contributed by atoms with Gasteiger partial charge in [0.15, 0.2) is 11.7 Å². The van der Waals surface area contributed by atoms with Crippen molar-refractivity contribution in [3.8, 4) is 11.5 Å². The minimum atomic E-state index is -0.164. The molecule has 0 aliphatic rings. The number of nitrogens with zero attached hydrogens (tertiary/aromatic N) is 4. The number of hydrogen-bond acceptors (Lipinski definition) is 6. The molecule has 0 spiro atoms. The monoisotopic (exact) mass is 520 g/mol. The van der Waals surface area contributed by atoms with Crippen LogP contribution in [0.1, 0.15) is 18.9 Å². The van der Waals surface area contributed by atoms with Crippen LogP contribution in [0.3, 0.4) is 0 Å². The predicted octanol–water partition coefficient (Wildman–Crippen LogP) is 5.78. The molecule has 10 heteroatoms. The van der Waals surface area contributed by atoms with E-state index >= 15 is 0 Å². The Kier molecular flexibility index (Phi) is 9.15. The first-order valence-electron chi connectivity index (χ1n) is 10.7. The highest BCUT2D eigenvalue weighted by molar-refractivity contribution is 7.23. The lowest BCUT2D eigenvalue weighted by atomic mass is 10.2. The number of hydrogen-bond donors (Lipinski definition) is 0. The molecule has 0 atom stereocenters. The Balaban J connectivity index is 0.00000324. The molecule has 4 aromatic rings. The summed E-state index contributed by atoms with van der Waals surface area (Å²) >= 11 is 7.82. The molecule has 2 aromatic heterocycles. The van der Waals surface area contributed by atoms with E-state index in [0.29, 0.717) is 29.1 Å². The SMILES string of the molecule is CCOc1ccc(OCC(=O)N(CCCn2ccnc2)c2nc3c(C)ccc(Cl)c3s2)cc1.Cl. The number of aromatic nitrogens is 3. The van der Waals surface area contributed by atoms with Gasteiger partial charge in [0.2, 0.25) is 0 Å². The number of carbonyl (C=O) groups is 1. The fraction of sp³-hybridized carbons (Fsp3) is 0.292. The number of anilines is 1. The molecule has 1 amide bonds. The first-order valence-corrected chi connectivity index (χ1v) is 11.9. The van der Waals surface area contributed by atoms with Gasteiger partial charge in [0.1, 0.15) is 11.5 Å². The van der Waals surface area contributed by atoms with Gasteiger partial charge in [-0.1, -0.05) is 29.0 Å². The van der Waals surface area contributed by atoms with Crippen LogP contribution in [-0.4, -0.2) is 40.2 Å². The summed E-state index contributed by atoms with van der Waals surface area (Å²) in [5.74, 6) is 1.20. The van der Waals surface area contributed by atoms with E-state index in [-0.39, 0.29) is 24.9 Å². The third-order valence-corrected chi connectivity index (χ3v) is 6.61. The van der Waals surface area contributed by atoms with E-state index in [0.717, 1.165) is 34.5 Å². The predicted molar refractivity (Wildman–Crippen MR) is 139 cm³/mol. The van der Waals surface area contributed by atoms with E-state index < -0.39 is 0 Å². The van der Waals surface area contributed by atoms with Crippen molar-refractivity contribution in [2.45, 2.75) is 26.8 Å². The zero-order chi connectivity index (χ0) is 23.2. The lowest BCUT2D eigenvalue weighted by Gasteiger charge is -2.20. The van der Waals surface area contributed by atoms with Gasteiger partial charge in [0.05, 0.1) is 28.2 Å². The second-order valence-corrected chi connectivity index (χ2v) is 8.82. The molecule has 4 rings (SSSR count). The van der Waals surface area contributed by atoms with E-state index in [4.69, 9.17) is 26.1 Å². The van der Waals surface area contributed by atoms with Gasteiger partial charge in [-0.3, -0.25) is 9.69 Å². The van der Waals surface area contributed by atoms with Gasteiger partial charge in [0.25, 0.3) is 5.91 Å². The highest BCUT2D eigenvalue weighted by atomic mass is 35.5. The molecule has 0 fully saturated rings. The summed E-state index contributed by atoms with van der Waals surface area (Å²) in [5.41, 5.74) is 1.84. The molecule has 0 saturated heterocycles. The summed E-state index contributed by atoms with van der Waals surface area (Å²) in [5, 5.41) is 1.25. The number of amides is 1. The molecular formula is C24H26Cl2N4O3S. The van der Waals surface area contributed by atoms with Gasteiger partial charge in [-0.25, -0.2) is 9.97 Å². The van der Waals surface area contributed by atoms with Gasteiger partial charge in [-0.05, 0) is 56.2 Å². The topological polar surface area (TPSA) is 69.5 Å². The molecular weight excluding hydrogens is 495 g/mol. The van der Waals surface area contributed by atoms with Crippen molar-refractivity contribution in [3.63, 3.8) is 0 Å². The van der Waals surface area contributed by atoms with Crippen molar-refractivity contribution >= 4 is 56.6 Å². The summed E-state index contributed by atoms with van der Waals surface area (Å²) < 4.78 is 14.1. The Morgan fingerprint density at radius 2 is 1.88 bits per heavy atom. The smallest absolute Gasteiger partial charge is 0.266 e. The molecule has 0 saturated carbocycles. The van der Waals surface area contributed by atoms with Crippen LogP contribution in [0.2, 0.25) is 5.02 Å². The number of carbonyl (C=O) groups excluding carboxylic acids is 1. The highest BCUT2D eigenvalue weighted by Gasteiger charge is 2.21. The number of thiazole rings is 1. The van der Waals surface area contributed by atoms with Gasteiger partial charge >= 0.3 is 0 Å². The molecule has 0 aliphatic heterocycles. The van der Waals surface area contributed by atoms with E-state index in [1.807, 2.05) is 48.9 Å². The standard InChI is InChI=1S/C24H25ClN4O3S.ClH/c1-3-31-18-6-8-19(9-7-18)32-15-21(30)29(13-4-12-28-14-11-26-16-28)24-27-22-17(2)5-10-20(25)23(22)33-24;/h5-11,14,16H,3-4,12-13,15H2,1-2H3;1H. The van der Waals surface area contributed by atoms with Crippen molar-refractivity contribution in [2.24, 2.45) is 0 Å². The van der Waals surface area contributed by atoms with Crippen LogP contribution >= 0.6 is 35.3 Å². The van der Waals surface area contributed by atoms with Crippen LogP contribution in [0.25, 0.3) is 10.2 Å². The number of halogens is 2. The second-order valence-electron chi connectivity index (χ2n) is 7.43. The number of benzene rings is 2. The van der Waals surface area contributed by atoms with Crippen LogP contribution in [-0.2, 0) is 11.3 Å². The van der Waals surface area contributed by atoms with Gasteiger partial charge in [-0.15, -0.1) is 12.4 Å². The third-order valence-electron chi connectivity index (χ3n) is 5.07. The molecule has 2 aromatic carbocycles. The number of aryl methyl sites for hydroxylation is 2. The molecule has 7 nitrogen and oxygen atoms in total. The Labute approximate surface area is 213 Å². The minimum Gasteiger partial charge on any atom is -0.494 e. The van der Waals surface area contributed by atoms with Gasteiger partial charge in [0, 0.05) is 25.5 Å². The molecule has 180 valence electrons. The highest BCUT2D eigenvalue weighted by Crippen LogP contribution is 2.35. The maximum absolute atomic E-state index is 13.2. The molecule has 2 heterocycles. The van der Waals surface area contributed by atoms with E-state index in [2.05, 4.69) is 4.98 Å². The van der Waals surface area contributed by atoms with E-state index in [1.54, 1.807) is 29.6 Å². The number of ether oxygens (including phenoxy) is 2. The van der Waals surface area contributed by atoms with E-state index in [9.17, 15) is 4.79 Å². The lowest BCUT2D eigenvalue weighted by Crippen LogP contribution is -2.36. The van der Waals surface area contributed by atoms with Crippen LogP contribution in [0.15, 0.2) is 55.1 Å². The quantitative estimate of drug-likeness (QED) is 0.265. The summed E-state index contributed by atoms with van der Waals surface area (Å²) in [7, 11) is 0. The number of imidazole rings is 1. The lowest BCUT2D eigenvalue weighted by molar-refractivity contribution is -0.120. The van der Waals surface area contributed by atoms with Crippen molar-refractivity contribution in [1.82, 2.24) is 14.5 Å². The third kappa shape index (κ3) is 6.20. The Morgan fingerprint density at radius 1 is 1.15 bits per heavy atom. The van der Waals surface area contributed by atoms with Crippen LogP contribution in [0, 0.1) is 6.92 Å². The maximum Gasteiger partial charge on any atom is 0.266 e. The number of fused-ring (bicyclic) bond motifs is 1. The van der Waals surface area contributed by atoms with E-state index in [1.165, 1.54) is 11.3 Å². The molecule has 0 unspecified atom stereocenters. The Hall–Kier alpha value is -2.81. The fourth-order valence-corrected chi connectivity index (χ4v) is 4.75.